The van der Waals surface area contributed by atoms with E-state index < -0.39 is 5.97 Å². The molecule has 0 aromatic heterocycles. The Hall–Kier alpha value is -1.35. The average Bonchev–Trinajstić information content (AvgIpc) is 2.26. The zero-order valence-electron chi connectivity index (χ0n) is 8.76. The van der Waals surface area contributed by atoms with Crippen LogP contribution in [-0.2, 0) is 4.79 Å². The van der Waals surface area contributed by atoms with Gasteiger partial charge < -0.3 is 10.2 Å². The molecule has 15 heavy (non-hydrogen) atoms. The van der Waals surface area contributed by atoms with Crippen LogP contribution < -0.4 is 0 Å². The highest BCUT2D eigenvalue weighted by atomic mass is 16.4. The van der Waals surface area contributed by atoms with Crippen molar-refractivity contribution in [3.63, 3.8) is 0 Å². The van der Waals surface area contributed by atoms with Gasteiger partial charge in [-0.05, 0) is 17.4 Å². The molecule has 0 saturated heterocycles. The highest BCUT2D eigenvalue weighted by molar-refractivity contribution is 5.68. The van der Waals surface area contributed by atoms with Crippen LogP contribution in [-0.4, -0.2) is 22.8 Å². The first-order chi connectivity index (χ1) is 7.15. The summed E-state index contributed by atoms with van der Waals surface area (Å²) in [5, 5.41) is 17.9. The van der Waals surface area contributed by atoms with E-state index in [4.69, 9.17) is 10.2 Å². The van der Waals surface area contributed by atoms with Gasteiger partial charge in [0.05, 0.1) is 6.42 Å². The van der Waals surface area contributed by atoms with Crippen LogP contribution >= 0.6 is 0 Å². The van der Waals surface area contributed by atoms with Crippen molar-refractivity contribution in [3.8, 4) is 0 Å². The van der Waals surface area contributed by atoms with E-state index in [0.717, 1.165) is 5.56 Å². The third kappa shape index (κ3) is 3.36. The molecule has 0 aliphatic carbocycles. The number of carboxylic acid groups (broad SMARTS) is 1. The SMILES string of the molecule is CC(CO)C(CC(=O)O)c1ccccc1. The average molecular weight is 208 g/mol. The lowest BCUT2D eigenvalue weighted by atomic mass is 9.85. The van der Waals surface area contributed by atoms with E-state index in [1.807, 2.05) is 37.3 Å². The Morgan fingerprint density at radius 1 is 1.33 bits per heavy atom. The number of carboxylic acids is 1. The van der Waals surface area contributed by atoms with Crippen molar-refractivity contribution >= 4 is 5.97 Å². The number of carbonyl (C=O) groups is 1. The summed E-state index contributed by atoms with van der Waals surface area (Å²) in [6, 6.07) is 9.47. The standard InChI is InChI=1S/C12H16O3/c1-9(8-13)11(7-12(14)15)10-5-3-2-4-6-10/h2-6,9,11,13H,7-8H2,1H3,(H,14,15). The minimum absolute atomic E-state index is 0.00679. The lowest BCUT2D eigenvalue weighted by Crippen LogP contribution is -2.17. The maximum atomic E-state index is 10.7. The van der Waals surface area contributed by atoms with Crippen LogP contribution in [0.5, 0.6) is 0 Å². The Labute approximate surface area is 89.4 Å². The Bertz CT molecular complexity index is 308. The lowest BCUT2D eigenvalue weighted by molar-refractivity contribution is -0.137. The Morgan fingerprint density at radius 2 is 1.93 bits per heavy atom. The Morgan fingerprint density at radius 3 is 2.40 bits per heavy atom. The van der Waals surface area contributed by atoms with Crippen molar-refractivity contribution in [2.75, 3.05) is 6.61 Å². The second-order valence-corrected chi connectivity index (χ2v) is 3.77. The number of benzene rings is 1. The number of aliphatic hydroxyl groups excluding tert-OH is 1. The number of aliphatic carboxylic acids is 1. The van der Waals surface area contributed by atoms with Gasteiger partial charge in [-0.1, -0.05) is 37.3 Å². The molecule has 1 aromatic rings. The topological polar surface area (TPSA) is 57.5 Å². The van der Waals surface area contributed by atoms with Crippen LogP contribution in [0.2, 0.25) is 0 Å². The first-order valence-corrected chi connectivity index (χ1v) is 5.02. The van der Waals surface area contributed by atoms with E-state index in [9.17, 15) is 4.79 Å². The molecule has 0 spiro atoms. The van der Waals surface area contributed by atoms with Crippen LogP contribution in [0.15, 0.2) is 30.3 Å². The fourth-order valence-corrected chi connectivity index (χ4v) is 1.66. The van der Waals surface area contributed by atoms with Gasteiger partial charge in [-0.2, -0.15) is 0 Å². The van der Waals surface area contributed by atoms with Gasteiger partial charge >= 0.3 is 5.97 Å². The second kappa shape index (κ2) is 5.51. The largest absolute Gasteiger partial charge is 0.481 e. The molecule has 1 rings (SSSR count). The second-order valence-electron chi connectivity index (χ2n) is 3.77. The van der Waals surface area contributed by atoms with Gasteiger partial charge in [0.1, 0.15) is 0 Å². The van der Waals surface area contributed by atoms with Gasteiger partial charge in [-0.3, -0.25) is 4.79 Å². The molecule has 0 saturated carbocycles. The molecular weight excluding hydrogens is 192 g/mol. The van der Waals surface area contributed by atoms with Gasteiger partial charge in [0, 0.05) is 6.61 Å². The molecule has 0 bridgehead atoms. The van der Waals surface area contributed by atoms with Gasteiger partial charge in [-0.25, -0.2) is 0 Å². The molecule has 2 unspecified atom stereocenters. The van der Waals surface area contributed by atoms with Gasteiger partial charge in [0.15, 0.2) is 0 Å². The summed E-state index contributed by atoms with van der Waals surface area (Å²) < 4.78 is 0. The fourth-order valence-electron chi connectivity index (χ4n) is 1.66. The summed E-state index contributed by atoms with van der Waals surface area (Å²) in [7, 11) is 0. The zero-order valence-corrected chi connectivity index (χ0v) is 8.76. The summed E-state index contributed by atoms with van der Waals surface area (Å²) in [4.78, 5) is 10.7. The van der Waals surface area contributed by atoms with E-state index in [1.54, 1.807) is 0 Å². The molecule has 0 radical (unpaired) electrons. The summed E-state index contributed by atoms with van der Waals surface area (Å²) in [5.74, 6) is -0.985. The highest BCUT2D eigenvalue weighted by Gasteiger charge is 2.21. The number of hydrogen-bond donors (Lipinski definition) is 2. The normalized spacial score (nSPS) is 14.5. The molecule has 0 aliphatic rings. The van der Waals surface area contributed by atoms with E-state index in [-0.39, 0.29) is 24.9 Å². The monoisotopic (exact) mass is 208 g/mol. The molecule has 82 valence electrons. The summed E-state index contributed by atoms with van der Waals surface area (Å²) in [5.41, 5.74) is 0.974. The lowest BCUT2D eigenvalue weighted by Gasteiger charge is -2.20. The van der Waals surface area contributed by atoms with Crippen molar-refractivity contribution in [1.29, 1.82) is 0 Å². The van der Waals surface area contributed by atoms with E-state index in [1.165, 1.54) is 0 Å². The van der Waals surface area contributed by atoms with Crippen LogP contribution in [0.3, 0.4) is 0 Å². The fraction of sp³-hybridized carbons (Fsp3) is 0.417. The summed E-state index contributed by atoms with van der Waals surface area (Å²) >= 11 is 0. The van der Waals surface area contributed by atoms with Gasteiger partial charge in [0.25, 0.3) is 0 Å². The molecule has 3 nitrogen and oxygen atoms in total. The van der Waals surface area contributed by atoms with Crippen LogP contribution in [0.1, 0.15) is 24.8 Å². The Kier molecular flexibility index (Phi) is 4.31. The Balaban J connectivity index is 2.86. The van der Waals surface area contributed by atoms with Crippen LogP contribution in [0.25, 0.3) is 0 Å². The molecule has 0 fully saturated rings. The number of aliphatic hydroxyl groups is 1. The summed E-state index contributed by atoms with van der Waals surface area (Å²) in [6.45, 7) is 1.87. The van der Waals surface area contributed by atoms with Crippen LogP contribution in [0.4, 0.5) is 0 Å². The van der Waals surface area contributed by atoms with Crippen molar-refractivity contribution < 1.29 is 15.0 Å². The van der Waals surface area contributed by atoms with E-state index in [2.05, 4.69) is 0 Å². The van der Waals surface area contributed by atoms with E-state index in [0.29, 0.717) is 0 Å². The summed E-state index contributed by atoms with van der Waals surface area (Å²) in [6.07, 6.45) is 0.0612. The first-order valence-electron chi connectivity index (χ1n) is 5.02. The molecule has 1 aromatic carbocycles. The van der Waals surface area contributed by atoms with Crippen molar-refractivity contribution in [2.24, 2.45) is 5.92 Å². The minimum Gasteiger partial charge on any atom is -0.481 e. The highest BCUT2D eigenvalue weighted by Crippen LogP contribution is 2.27. The third-order valence-electron chi connectivity index (χ3n) is 2.60. The zero-order chi connectivity index (χ0) is 11.3. The number of hydrogen-bond acceptors (Lipinski definition) is 2. The molecule has 3 heteroatoms. The predicted molar refractivity (Wildman–Crippen MR) is 57.7 cm³/mol. The molecule has 0 aliphatic heterocycles. The molecule has 0 heterocycles. The van der Waals surface area contributed by atoms with Crippen LogP contribution in [0, 0.1) is 5.92 Å². The molecule has 2 atom stereocenters. The van der Waals surface area contributed by atoms with Gasteiger partial charge in [0.2, 0.25) is 0 Å². The third-order valence-corrected chi connectivity index (χ3v) is 2.60. The predicted octanol–water partition coefficient (Wildman–Crippen LogP) is 1.87. The maximum Gasteiger partial charge on any atom is 0.303 e. The minimum atomic E-state index is -0.829. The quantitative estimate of drug-likeness (QED) is 0.776. The van der Waals surface area contributed by atoms with Crippen molar-refractivity contribution in [1.82, 2.24) is 0 Å². The van der Waals surface area contributed by atoms with Crippen molar-refractivity contribution in [3.05, 3.63) is 35.9 Å². The molecular formula is C12H16O3. The molecule has 0 amide bonds. The smallest absolute Gasteiger partial charge is 0.303 e. The van der Waals surface area contributed by atoms with Gasteiger partial charge in [-0.15, -0.1) is 0 Å². The van der Waals surface area contributed by atoms with E-state index >= 15 is 0 Å². The number of rotatable bonds is 5. The first kappa shape index (κ1) is 11.7. The van der Waals surface area contributed by atoms with Crippen molar-refractivity contribution in [2.45, 2.75) is 19.3 Å². The molecule has 2 N–H and O–H groups in total. The maximum absolute atomic E-state index is 10.7.